The van der Waals surface area contributed by atoms with Crippen LogP contribution in [0.15, 0.2) is 48.5 Å². The SMILES string of the molecule is COc1ccc(CNC(=O)COC(=O)CSCC(=O)Nc2ccc(Cl)cc2)cc1. The van der Waals surface area contributed by atoms with E-state index in [0.717, 1.165) is 23.1 Å². The van der Waals surface area contributed by atoms with Gasteiger partial charge >= 0.3 is 5.97 Å². The minimum Gasteiger partial charge on any atom is -0.497 e. The monoisotopic (exact) mass is 436 g/mol. The third kappa shape index (κ3) is 8.89. The number of carbonyl (C=O) groups excluding carboxylic acids is 3. The van der Waals surface area contributed by atoms with E-state index in [1.165, 1.54) is 0 Å². The van der Waals surface area contributed by atoms with Crippen molar-refractivity contribution in [1.82, 2.24) is 5.32 Å². The van der Waals surface area contributed by atoms with E-state index in [4.69, 9.17) is 21.1 Å². The molecule has 29 heavy (non-hydrogen) atoms. The molecular formula is C20H21ClN2O5S. The first-order chi connectivity index (χ1) is 14.0. The van der Waals surface area contributed by atoms with Gasteiger partial charge in [-0.3, -0.25) is 14.4 Å². The van der Waals surface area contributed by atoms with Crippen LogP contribution in [0.2, 0.25) is 5.02 Å². The molecule has 7 nitrogen and oxygen atoms in total. The highest BCUT2D eigenvalue weighted by atomic mass is 35.5. The van der Waals surface area contributed by atoms with Gasteiger partial charge in [0, 0.05) is 17.3 Å². The van der Waals surface area contributed by atoms with Crippen molar-refractivity contribution in [1.29, 1.82) is 0 Å². The summed E-state index contributed by atoms with van der Waals surface area (Å²) in [6.45, 7) is -0.0491. The summed E-state index contributed by atoms with van der Waals surface area (Å²) in [7, 11) is 1.58. The largest absolute Gasteiger partial charge is 0.497 e. The molecule has 0 spiro atoms. The van der Waals surface area contributed by atoms with E-state index >= 15 is 0 Å². The number of nitrogens with one attached hydrogen (secondary N) is 2. The van der Waals surface area contributed by atoms with E-state index in [1.54, 1.807) is 43.5 Å². The number of anilines is 1. The quantitative estimate of drug-likeness (QED) is 0.556. The van der Waals surface area contributed by atoms with Crippen molar-refractivity contribution >= 4 is 46.8 Å². The lowest BCUT2D eigenvalue weighted by Crippen LogP contribution is -2.28. The number of amides is 2. The summed E-state index contributed by atoms with van der Waals surface area (Å²) in [5, 5.41) is 5.93. The molecule has 0 aliphatic carbocycles. The molecule has 0 radical (unpaired) electrons. The molecule has 0 saturated carbocycles. The van der Waals surface area contributed by atoms with Gasteiger partial charge in [0.1, 0.15) is 5.75 Å². The number of rotatable bonds is 10. The minimum atomic E-state index is -0.561. The molecule has 2 N–H and O–H groups in total. The van der Waals surface area contributed by atoms with Crippen molar-refractivity contribution in [3.63, 3.8) is 0 Å². The predicted octanol–water partition coefficient (Wildman–Crippen LogP) is 2.88. The molecule has 2 amide bonds. The first-order valence-electron chi connectivity index (χ1n) is 8.64. The van der Waals surface area contributed by atoms with Gasteiger partial charge in [-0.2, -0.15) is 0 Å². The van der Waals surface area contributed by atoms with Crippen molar-refractivity contribution in [2.24, 2.45) is 0 Å². The Kier molecular flexibility index (Phi) is 9.33. The number of methoxy groups -OCH3 is 1. The molecule has 154 valence electrons. The zero-order chi connectivity index (χ0) is 21.1. The summed E-state index contributed by atoms with van der Waals surface area (Å²) in [5.74, 6) is -0.425. The number of hydrogen-bond donors (Lipinski definition) is 2. The van der Waals surface area contributed by atoms with Crippen molar-refractivity contribution < 1.29 is 23.9 Å². The molecule has 2 rings (SSSR count). The van der Waals surface area contributed by atoms with Crippen LogP contribution in [-0.2, 0) is 25.7 Å². The number of thioether (sulfide) groups is 1. The topological polar surface area (TPSA) is 93.7 Å². The van der Waals surface area contributed by atoms with Gasteiger partial charge in [0.05, 0.1) is 18.6 Å². The third-order valence-corrected chi connectivity index (χ3v) is 4.75. The molecule has 0 saturated heterocycles. The standard InChI is InChI=1S/C20H21ClN2O5S/c1-27-17-8-2-14(3-9-17)10-22-18(24)11-28-20(26)13-29-12-19(25)23-16-6-4-15(21)5-7-16/h2-9H,10-13H2,1H3,(H,22,24)(H,23,25). The zero-order valence-electron chi connectivity index (χ0n) is 15.8. The van der Waals surface area contributed by atoms with Crippen LogP contribution in [-0.4, -0.2) is 43.0 Å². The first kappa shape index (κ1) is 22.6. The Morgan fingerprint density at radius 3 is 2.31 bits per heavy atom. The normalized spacial score (nSPS) is 10.1. The number of carbonyl (C=O) groups is 3. The lowest BCUT2D eigenvalue weighted by molar-refractivity contribution is -0.145. The van der Waals surface area contributed by atoms with Gasteiger partial charge < -0.3 is 20.1 Å². The molecule has 0 bridgehead atoms. The molecule has 9 heteroatoms. The molecule has 0 atom stereocenters. The van der Waals surface area contributed by atoms with Crippen LogP contribution >= 0.6 is 23.4 Å². The smallest absolute Gasteiger partial charge is 0.316 e. The van der Waals surface area contributed by atoms with Gasteiger partial charge in [-0.1, -0.05) is 23.7 Å². The maximum Gasteiger partial charge on any atom is 0.316 e. The Morgan fingerprint density at radius 1 is 0.966 bits per heavy atom. The van der Waals surface area contributed by atoms with Crippen LogP contribution in [0.4, 0.5) is 5.69 Å². The minimum absolute atomic E-state index is 0.0280. The highest BCUT2D eigenvalue weighted by Gasteiger charge is 2.10. The maximum atomic E-state index is 11.8. The maximum absolute atomic E-state index is 11.8. The number of hydrogen-bond acceptors (Lipinski definition) is 6. The van der Waals surface area contributed by atoms with Gasteiger partial charge in [0.2, 0.25) is 5.91 Å². The Balaban J connectivity index is 1.57. The second-order valence-corrected chi connectivity index (χ2v) is 7.26. The number of benzene rings is 2. The Labute approximate surface area is 178 Å². The predicted molar refractivity (Wildman–Crippen MR) is 113 cm³/mol. The van der Waals surface area contributed by atoms with E-state index in [1.807, 2.05) is 12.1 Å². The fraction of sp³-hybridized carbons (Fsp3) is 0.250. The van der Waals surface area contributed by atoms with Crippen molar-refractivity contribution in [2.75, 3.05) is 30.5 Å². The second-order valence-electron chi connectivity index (χ2n) is 5.83. The van der Waals surface area contributed by atoms with Crippen LogP contribution in [0.25, 0.3) is 0 Å². The van der Waals surface area contributed by atoms with Crippen LogP contribution in [0.5, 0.6) is 5.75 Å². The molecule has 0 aliphatic rings. The molecule has 0 heterocycles. The lowest BCUT2D eigenvalue weighted by Gasteiger charge is -2.08. The fourth-order valence-electron chi connectivity index (χ4n) is 2.14. The van der Waals surface area contributed by atoms with Crippen molar-refractivity contribution in [3.8, 4) is 5.75 Å². The van der Waals surface area contributed by atoms with Crippen molar-refractivity contribution in [3.05, 3.63) is 59.1 Å². The molecule has 2 aromatic carbocycles. The van der Waals surface area contributed by atoms with Crippen LogP contribution < -0.4 is 15.4 Å². The number of esters is 1. The Hall–Kier alpha value is -2.71. The Bertz CT molecular complexity index is 828. The average Bonchev–Trinajstić information content (AvgIpc) is 2.72. The highest BCUT2D eigenvalue weighted by molar-refractivity contribution is 8.00. The van der Waals surface area contributed by atoms with E-state index in [2.05, 4.69) is 10.6 Å². The molecule has 2 aromatic rings. The zero-order valence-corrected chi connectivity index (χ0v) is 17.3. The molecular weight excluding hydrogens is 416 g/mol. The van der Waals surface area contributed by atoms with Gasteiger partial charge in [-0.15, -0.1) is 11.8 Å². The summed E-state index contributed by atoms with van der Waals surface area (Å²) >= 11 is 6.88. The summed E-state index contributed by atoms with van der Waals surface area (Å²) < 4.78 is 9.97. The molecule has 0 unspecified atom stereocenters. The van der Waals surface area contributed by atoms with Crippen LogP contribution in [0, 0.1) is 0 Å². The number of halogens is 1. The second kappa shape index (κ2) is 12.0. The van der Waals surface area contributed by atoms with Crippen LogP contribution in [0.1, 0.15) is 5.56 Å². The van der Waals surface area contributed by atoms with Crippen molar-refractivity contribution in [2.45, 2.75) is 6.54 Å². The average molecular weight is 437 g/mol. The van der Waals surface area contributed by atoms with Gasteiger partial charge in [0.15, 0.2) is 6.61 Å². The van der Waals surface area contributed by atoms with Gasteiger partial charge in [-0.05, 0) is 42.0 Å². The summed E-state index contributed by atoms with van der Waals surface area (Å²) in [6, 6.07) is 14.0. The van der Waals surface area contributed by atoms with E-state index in [-0.39, 0.29) is 24.0 Å². The first-order valence-corrected chi connectivity index (χ1v) is 10.2. The Morgan fingerprint density at radius 2 is 1.66 bits per heavy atom. The molecule has 0 fully saturated rings. The third-order valence-electron chi connectivity index (χ3n) is 3.59. The highest BCUT2D eigenvalue weighted by Crippen LogP contribution is 2.14. The van der Waals surface area contributed by atoms with E-state index in [9.17, 15) is 14.4 Å². The molecule has 0 aromatic heterocycles. The number of ether oxygens (including phenoxy) is 2. The van der Waals surface area contributed by atoms with Crippen LogP contribution in [0.3, 0.4) is 0 Å². The molecule has 0 aliphatic heterocycles. The van der Waals surface area contributed by atoms with Gasteiger partial charge in [-0.25, -0.2) is 0 Å². The fourth-order valence-corrected chi connectivity index (χ4v) is 2.88. The summed E-state index contributed by atoms with van der Waals surface area (Å²) in [6.07, 6.45) is 0. The van der Waals surface area contributed by atoms with Gasteiger partial charge in [0.25, 0.3) is 5.91 Å². The summed E-state index contributed by atoms with van der Waals surface area (Å²) in [5.41, 5.74) is 1.52. The summed E-state index contributed by atoms with van der Waals surface area (Å²) in [4.78, 5) is 35.3. The lowest BCUT2D eigenvalue weighted by atomic mass is 10.2. The van der Waals surface area contributed by atoms with E-state index < -0.39 is 11.9 Å². The van der Waals surface area contributed by atoms with E-state index in [0.29, 0.717) is 17.3 Å².